The molecule has 26 heavy (non-hydrogen) atoms. The van der Waals surface area contributed by atoms with E-state index in [0.717, 1.165) is 22.7 Å². The lowest BCUT2D eigenvalue weighted by Crippen LogP contribution is -2.35. The summed E-state index contributed by atoms with van der Waals surface area (Å²) in [6.45, 7) is -0.597. The summed E-state index contributed by atoms with van der Waals surface area (Å²) in [5.74, 6) is -1.58. The van der Waals surface area contributed by atoms with Gasteiger partial charge in [-0.3, -0.25) is 14.3 Å². The minimum atomic E-state index is -4.45. The molecule has 0 unspecified atom stereocenters. The fourth-order valence-electron chi connectivity index (χ4n) is 2.45. The van der Waals surface area contributed by atoms with E-state index in [1.54, 1.807) is 24.0 Å². The second kappa shape index (κ2) is 8.03. The van der Waals surface area contributed by atoms with Crippen molar-refractivity contribution in [3.63, 3.8) is 0 Å². The smallest absolute Gasteiger partial charge is 0.416 e. The third-order valence-corrected chi connectivity index (χ3v) is 3.85. The van der Waals surface area contributed by atoms with Crippen LogP contribution in [0.4, 0.5) is 13.2 Å². The summed E-state index contributed by atoms with van der Waals surface area (Å²) in [5.41, 5.74) is 0.449. The maximum Gasteiger partial charge on any atom is 0.416 e. The monoisotopic (exact) mass is 369 g/mol. The fourth-order valence-corrected chi connectivity index (χ4v) is 2.45. The van der Waals surface area contributed by atoms with Gasteiger partial charge in [-0.1, -0.05) is 12.1 Å². The van der Waals surface area contributed by atoms with E-state index >= 15 is 0 Å². The molecule has 0 radical (unpaired) electrons. The zero-order valence-electron chi connectivity index (χ0n) is 14.0. The molecule has 0 aliphatic heterocycles. The second-order valence-electron chi connectivity index (χ2n) is 5.78. The number of aromatic nitrogens is 2. The number of halogens is 3. The number of amides is 1. The van der Waals surface area contributed by atoms with E-state index in [9.17, 15) is 22.8 Å². The van der Waals surface area contributed by atoms with Gasteiger partial charge in [0.1, 0.15) is 6.54 Å². The molecule has 0 saturated carbocycles. The van der Waals surface area contributed by atoms with Gasteiger partial charge in [-0.2, -0.15) is 18.3 Å². The molecular formula is C17H18F3N3O3. The zero-order chi connectivity index (χ0) is 19.3. The van der Waals surface area contributed by atoms with E-state index in [2.05, 4.69) is 5.10 Å². The Balaban J connectivity index is 2.05. The van der Waals surface area contributed by atoms with Gasteiger partial charge >= 0.3 is 12.1 Å². The molecule has 2 rings (SSSR count). The number of alkyl halides is 3. The molecular weight excluding hydrogens is 351 g/mol. The minimum Gasteiger partial charge on any atom is -0.480 e. The van der Waals surface area contributed by atoms with Crippen molar-refractivity contribution in [1.82, 2.24) is 14.7 Å². The van der Waals surface area contributed by atoms with Crippen molar-refractivity contribution < 1.29 is 27.9 Å². The maximum absolute atomic E-state index is 12.6. The van der Waals surface area contributed by atoms with Gasteiger partial charge in [0, 0.05) is 31.9 Å². The van der Waals surface area contributed by atoms with Crippen LogP contribution < -0.4 is 0 Å². The molecule has 0 bridgehead atoms. The number of aliphatic carboxylic acids is 1. The predicted octanol–water partition coefficient (Wildman–Crippen LogP) is 2.48. The molecule has 6 nitrogen and oxygen atoms in total. The van der Waals surface area contributed by atoms with Crippen LogP contribution >= 0.6 is 0 Å². The van der Waals surface area contributed by atoms with Crippen molar-refractivity contribution in [2.75, 3.05) is 6.54 Å². The van der Waals surface area contributed by atoms with Gasteiger partial charge < -0.3 is 10.0 Å². The number of rotatable bonds is 7. The molecule has 2 aromatic rings. The van der Waals surface area contributed by atoms with Crippen molar-refractivity contribution in [1.29, 1.82) is 0 Å². The van der Waals surface area contributed by atoms with Crippen molar-refractivity contribution in [2.24, 2.45) is 7.05 Å². The lowest BCUT2D eigenvalue weighted by Gasteiger charge is -2.21. The Kier molecular flexibility index (Phi) is 6.01. The van der Waals surface area contributed by atoms with Crippen molar-refractivity contribution >= 4 is 11.9 Å². The summed E-state index contributed by atoms with van der Waals surface area (Å²) < 4.78 is 39.4. The van der Waals surface area contributed by atoms with E-state index in [4.69, 9.17) is 5.11 Å². The average Bonchev–Trinajstić information content (AvgIpc) is 2.96. The molecule has 1 amide bonds. The first-order valence-electron chi connectivity index (χ1n) is 7.79. The summed E-state index contributed by atoms with van der Waals surface area (Å²) in [5, 5.41) is 13.0. The van der Waals surface area contributed by atoms with Crippen molar-refractivity contribution in [3.05, 3.63) is 53.3 Å². The first-order valence-corrected chi connectivity index (χ1v) is 7.79. The van der Waals surface area contributed by atoms with Gasteiger partial charge in [0.05, 0.1) is 5.56 Å². The summed E-state index contributed by atoms with van der Waals surface area (Å²) in [6, 6.07) is 6.06. The van der Waals surface area contributed by atoms with Crippen LogP contribution in [0, 0.1) is 0 Å². The minimum absolute atomic E-state index is 0.0747. The number of carboxylic acid groups (broad SMARTS) is 1. The van der Waals surface area contributed by atoms with Crippen LogP contribution in [0.1, 0.15) is 23.2 Å². The number of hydrogen-bond donors (Lipinski definition) is 1. The van der Waals surface area contributed by atoms with Gasteiger partial charge in [0.15, 0.2) is 0 Å². The Morgan fingerprint density at radius 1 is 1.19 bits per heavy atom. The highest BCUT2D eigenvalue weighted by Gasteiger charge is 2.30. The van der Waals surface area contributed by atoms with Gasteiger partial charge in [-0.15, -0.1) is 0 Å². The van der Waals surface area contributed by atoms with E-state index in [1.165, 1.54) is 12.1 Å². The molecule has 0 atom stereocenters. The first-order chi connectivity index (χ1) is 12.2. The molecule has 0 aliphatic carbocycles. The quantitative estimate of drug-likeness (QED) is 0.814. The highest BCUT2D eigenvalue weighted by atomic mass is 19.4. The largest absolute Gasteiger partial charge is 0.480 e. The number of aryl methyl sites for hydroxylation is 2. The van der Waals surface area contributed by atoms with Crippen LogP contribution in [0.25, 0.3) is 0 Å². The molecule has 1 N–H and O–H groups in total. The fraction of sp³-hybridized carbons (Fsp3) is 0.353. The molecule has 1 heterocycles. The molecule has 0 spiro atoms. The van der Waals surface area contributed by atoms with Gasteiger partial charge in [-0.05, 0) is 30.2 Å². The molecule has 140 valence electrons. The highest BCUT2D eigenvalue weighted by molar-refractivity contribution is 5.81. The number of carbonyl (C=O) groups is 2. The summed E-state index contributed by atoms with van der Waals surface area (Å²) >= 11 is 0. The third-order valence-electron chi connectivity index (χ3n) is 3.85. The number of benzene rings is 1. The number of hydrogen-bond acceptors (Lipinski definition) is 3. The Morgan fingerprint density at radius 2 is 1.85 bits per heavy atom. The van der Waals surface area contributed by atoms with E-state index in [0.29, 0.717) is 12.0 Å². The molecule has 1 aromatic heterocycles. The van der Waals surface area contributed by atoms with Crippen molar-refractivity contribution in [3.8, 4) is 0 Å². The lowest BCUT2D eigenvalue weighted by atomic mass is 10.1. The molecule has 9 heteroatoms. The highest BCUT2D eigenvalue weighted by Crippen LogP contribution is 2.29. The first kappa shape index (κ1) is 19.5. The van der Waals surface area contributed by atoms with Crippen LogP contribution in [0.3, 0.4) is 0 Å². The van der Waals surface area contributed by atoms with Crippen LogP contribution in [0.15, 0.2) is 36.5 Å². The zero-order valence-corrected chi connectivity index (χ0v) is 14.0. The van der Waals surface area contributed by atoms with Gasteiger partial charge in [-0.25, -0.2) is 0 Å². The third kappa shape index (κ3) is 5.33. The molecule has 0 aliphatic rings. The van der Waals surface area contributed by atoms with Crippen LogP contribution in [-0.4, -0.2) is 38.2 Å². The summed E-state index contributed by atoms with van der Waals surface area (Å²) in [6.07, 6.45) is -2.39. The van der Waals surface area contributed by atoms with Crippen LogP contribution in [0.5, 0.6) is 0 Å². The van der Waals surface area contributed by atoms with E-state index < -0.39 is 30.2 Å². The topological polar surface area (TPSA) is 75.4 Å². The van der Waals surface area contributed by atoms with Crippen LogP contribution in [-0.2, 0) is 35.8 Å². The average molecular weight is 369 g/mol. The molecule has 1 aromatic carbocycles. The Morgan fingerprint density at radius 3 is 2.35 bits per heavy atom. The second-order valence-corrected chi connectivity index (χ2v) is 5.78. The maximum atomic E-state index is 12.6. The number of carboxylic acids is 1. The number of carbonyl (C=O) groups excluding carboxylic acids is 1. The lowest BCUT2D eigenvalue weighted by molar-refractivity contribution is -0.144. The molecule has 0 fully saturated rings. The summed E-state index contributed by atoms with van der Waals surface area (Å²) in [7, 11) is 1.73. The van der Waals surface area contributed by atoms with Crippen molar-refractivity contribution in [2.45, 2.75) is 25.6 Å². The Hall–Kier alpha value is -2.84. The van der Waals surface area contributed by atoms with E-state index in [1.807, 2.05) is 0 Å². The normalized spacial score (nSPS) is 11.4. The SMILES string of the molecule is Cn1nccc1CCC(=O)N(CC(=O)O)Cc1ccc(C(F)(F)F)cc1. The standard InChI is InChI=1S/C17H18F3N3O3/c1-22-14(8-9-21-22)6-7-15(24)23(11-16(25)26)10-12-2-4-13(5-3-12)17(18,19)20/h2-5,8-9H,6-7,10-11H2,1H3,(H,25,26). The van der Waals surface area contributed by atoms with E-state index in [-0.39, 0.29) is 13.0 Å². The van der Waals surface area contributed by atoms with Crippen LogP contribution in [0.2, 0.25) is 0 Å². The predicted molar refractivity (Wildman–Crippen MR) is 86.0 cm³/mol. The summed E-state index contributed by atoms with van der Waals surface area (Å²) in [4.78, 5) is 24.5. The van der Waals surface area contributed by atoms with Gasteiger partial charge in [0.2, 0.25) is 5.91 Å². The Bertz CT molecular complexity index is 770. The molecule has 0 saturated heterocycles. The van der Waals surface area contributed by atoms with Gasteiger partial charge in [0.25, 0.3) is 0 Å². The number of nitrogens with zero attached hydrogens (tertiary/aromatic N) is 3. The Labute approximate surface area is 147 Å².